The van der Waals surface area contributed by atoms with E-state index in [1.165, 1.54) is 30.2 Å². The lowest BCUT2D eigenvalue weighted by molar-refractivity contribution is -0.385. The van der Waals surface area contributed by atoms with Gasteiger partial charge in [0, 0.05) is 31.1 Å². The van der Waals surface area contributed by atoms with Gasteiger partial charge in [0.05, 0.1) is 22.1 Å². The first kappa shape index (κ1) is 30.1. The van der Waals surface area contributed by atoms with Gasteiger partial charge in [-0.1, -0.05) is 72.4 Å². The van der Waals surface area contributed by atoms with Gasteiger partial charge in [0.1, 0.15) is 11.8 Å². The van der Waals surface area contributed by atoms with Crippen molar-refractivity contribution >= 4 is 40.7 Å². The number of carbonyl (C=O) groups excluding carboxylic acids is 2. The second-order valence-electron chi connectivity index (χ2n) is 9.85. The summed E-state index contributed by atoms with van der Waals surface area (Å²) in [6, 6.07) is 17.8. The van der Waals surface area contributed by atoms with Crippen LogP contribution in [0, 0.1) is 10.1 Å². The Balaban J connectivity index is 1.63. The zero-order chi connectivity index (χ0) is 29.4. The molecule has 0 bridgehead atoms. The van der Waals surface area contributed by atoms with Gasteiger partial charge in [0.2, 0.25) is 11.7 Å². The number of halogens is 2. The quantitative estimate of drug-likeness (QED) is 0.202. The van der Waals surface area contributed by atoms with Crippen LogP contribution in [0.5, 0.6) is 11.5 Å². The molecule has 9 nitrogen and oxygen atoms in total. The standard InChI is InChI=1S/C30H31Cl2N3O6/c1-40-28-17-23(12-14-26(28)35(38)39)41-19-29(36)34(18-21-11-13-24(31)25(32)15-21)27(16-20-7-3-2-4-8-20)30(37)33-22-9-5-6-10-22/h2-4,7-8,11-15,17,22,27H,5-6,9-10,16,18-19H2,1H3,(H,33,37)/t27-/m0/s1. The molecule has 216 valence electrons. The maximum Gasteiger partial charge on any atom is 0.311 e. The molecule has 0 aliphatic heterocycles. The zero-order valence-electron chi connectivity index (χ0n) is 22.6. The highest BCUT2D eigenvalue weighted by molar-refractivity contribution is 6.42. The Labute approximate surface area is 248 Å². The fourth-order valence-electron chi connectivity index (χ4n) is 4.88. The molecule has 1 N–H and O–H groups in total. The van der Waals surface area contributed by atoms with Crippen molar-refractivity contribution in [1.29, 1.82) is 0 Å². The lowest BCUT2D eigenvalue weighted by atomic mass is 10.0. The minimum absolute atomic E-state index is 0.00510. The molecule has 4 rings (SSSR count). The number of hydrogen-bond donors (Lipinski definition) is 1. The Kier molecular flexibility index (Phi) is 10.4. The molecule has 0 spiro atoms. The smallest absolute Gasteiger partial charge is 0.311 e. The van der Waals surface area contributed by atoms with Crippen molar-refractivity contribution in [3.8, 4) is 11.5 Å². The fourth-order valence-corrected chi connectivity index (χ4v) is 5.20. The predicted octanol–water partition coefficient (Wildman–Crippen LogP) is 5.99. The number of carbonyl (C=O) groups is 2. The monoisotopic (exact) mass is 599 g/mol. The molecule has 1 aliphatic rings. The number of ether oxygens (including phenoxy) is 2. The second-order valence-corrected chi connectivity index (χ2v) is 10.7. The normalized spacial score (nSPS) is 13.8. The summed E-state index contributed by atoms with van der Waals surface area (Å²) in [7, 11) is 1.31. The number of nitrogens with zero attached hydrogens (tertiary/aromatic N) is 2. The molecule has 1 atom stereocenters. The maximum atomic E-state index is 13.8. The average Bonchev–Trinajstić information content (AvgIpc) is 3.48. The zero-order valence-corrected chi connectivity index (χ0v) is 24.1. The fraction of sp³-hybridized carbons (Fsp3) is 0.333. The highest BCUT2D eigenvalue weighted by Gasteiger charge is 2.32. The summed E-state index contributed by atoms with van der Waals surface area (Å²) in [4.78, 5) is 39.7. The maximum absolute atomic E-state index is 13.8. The van der Waals surface area contributed by atoms with Crippen LogP contribution in [0.1, 0.15) is 36.8 Å². The van der Waals surface area contributed by atoms with Gasteiger partial charge >= 0.3 is 5.69 Å². The van der Waals surface area contributed by atoms with Crippen LogP contribution in [0.4, 0.5) is 5.69 Å². The van der Waals surface area contributed by atoms with E-state index in [1.54, 1.807) is 18.2 Å². The molecule has 3 aromatic carbocycles. The number of nitro groups is 1. The Morgan fingerprint density at radius 2 is 1.76 bits per heavy atom. The van der Waals surface area contributed by atoms with Crippen LogP contribution in [0.15, 0.2) is 66.7 Å². The Morgan fingerprint density at radius 3 is 2.41 bits per heavy atom. The Hall–Kier alpha value is -3.82. The minimum atomic E-state index is -0.838. The molecule has 1 aliphatic carbocycles. The molecule has 0 aromatic heterocycles. The summed E-state index contributed by atoms with van der Waals surface area (Å²) in [6.07, 6.45) is 4.18. The number of nitro benzene ring substituents is 1. The van der Waals surface area contributed by atoms with Crippen LogP contribution in [-0.4, -0.2) is 47.4 Å². The minimum Gasteiger partial charge on any atom is -0.490 e. The van der Waals surface area contributed by atoms with E-state index in [1.807, 2.05) is 30.3 Å². The summed E-state index contributed by atoms with van der Waals surface area (Å²) in [5.74, 6) is -0.474. The van der Waals surface area contributed by atoms with Crippen LogP contribution < -0.4 is 14.8 Å². The van der Waals surface area contributed by atoms with Crippen molar-refractivity contribution in [2.75, 3.05) is 13.7 Å². The van der Waals surface area contributed by atoms with Gasteiger partial charge in [0.15, 0.2) is 6.61 Å². The van der Waals surface area contributed by atoms with E-state index in [2.05, 4.69) is 5.32 Å². The molecule has 2 amide bonds. The number of amides is 2. The third-order valence-electron chi connectivity index (χ3n) is 7.02. The first-order chi connectivity index (χ1) is 19.7. The van der Waals surface area contributed by atoms with Gasteiger partial charge in [0.25, 0.3) is 5.91 Å². The molecule has 3 aromatic rings. The lowest BCUT2D eigenvalue weighted by Crippen LogP contribution is -2.53. The summed E-state index contributed by atoms with van der Waals surface area (Å²) in [6.45, 7) is -0.331. The van der Waals surface area contributed by atoms with Gasteiger partial charge in [-0.3, -0.25) is 19.7 Å². The van der Waals surface area contributed by atoms with E-state index >= 15 is 0 Å². The molecule has 11 heteroatoms. The van der Waals surface area contributed by atoms with E-state index in [-0.39, 0.29) is 42.1 Å². The van der Waals surface area contributed by atoms with Crippen molar-refractivity contribution < 1.29 is 24.0 Å². The van der Waals surface area contributed by atoms with Gasteiger partial charge in [-0.2, -0.15) is 0 Å². The summed E-state index contributed by atoms with van der Waals surface area (Å²) >= 11 is 12.4. The average molecular weight is 600 g/mol. The molecule has 0 saturated heterocycles. The van der Waals surface area contributed by atoms with Crippen molar-refractivity contribution in [2.24, 2.45) is 0 Å². The number of rotatable bonds is 12. The highest BCUT2D eigenvalue weighted by atomic mass is 35.5. The van der Waals surface area contributed by atoms with Crippen LogP contribution >= 0.6 is 23.2 Å². The van der Waals surface area contributed by atoms with Crippen molar-refractivity contribution in [2.45, 2.75) is 50.7 Å². The molecule has 0 unspecified atom stereocenters. The van der Waals surface area contributed by atoms with E-state index < -0.39 is 23.5 Å². The van der Waals surface area contributed by atoms with Gasteiger partial charge in [-0.15, -0.1) is 0 Å². The molecule has 0 radical (unpaired) electrons. The Morgan fingerprint density at radius 1 is 1.02 bits per heavy atom. The third-order valence-corrected chi connectivity index (χ3v) is 7.76. The summed E-state index contributed by atoms with van der Waals surface area (Å²) in [5.41, 5.74) is 1.36. The molecule has 0 heterocycles. The largest absolute Gasteiger partial charge is 0.490 e. The highest BCUT2D eigenvalue weighted by Crippen LogP contribution is 2.31. The molecule has 1 saturated carbocycles. The molecule has 41 heavy (non-hydrogen) atoms. The lowest BCUT2D eigenvalue weighted by Gasteiger charge is -2.32. The van der Waals surface area contributed by atoms with E-state index in [4.69, 9.17) is 32.7 Å². The van der Waals surface area contributed by atoms with E-state index in [0.29, 0.717) is 15.6 Å². The second kappa shape index (κ2) is 14.2. The van der Waals surface area contributed by atoms with Gasteiger partial charge in [-0.05, 0) is 42.2 Å². The Bertz CT molecular complexity index is 1380. The van der Waals surface area contributed by atoms with Crippen LogP contribution in [0.3, 0.4) is 0 Å². The number of nitrogens with one attached hydrogen (secondary N) is 1. The number of methoxy groups -OCH3 is 1. The summed E-state index contributed by atoms with van der Waals surface area (Å²) in [5, 5.41) is 15.1. The third kappa shape index (κ3) is 8.11. The van der Waals surface area contributed by atoms with Crippen molar-refractivity contribution in [3.63, 3.8) is 0 Å². The van der Waals surface area contributed by atoms with Gasteiger partial charge < -0.3 is 19.7 Å². The first-order valence-electron chi connectivity index (χ1n) is 13.3. The van der Waals surface area contributed by atoms with Crippen LogP contribution in [0.2, 0.25) is 10.0 Å². The number of benzene rings is 3. The van der Waals surface area contributed by atoms with Crippen molar-refractivity contribution in [1.82, 2.24) is 10.2 Å². The molecular weight excluding hydrogens is 569 g/mol. The molecule has 1 fully saturated rings. The first-order valence-corrected chi connectivity index (χ1v) is 14.0. The van der Waals surface area contributed by atoms with Crippen LogP contribution in [0.25, 0.3) is 0 Å². The topological polar surface area (TPSA) is 111 Å². The van der Waals surface area contributed by atoms with E-state index in [9.17, 15) is 19.7 Å². The van der Waals surface area contributed by atoms with Gasteiger partial charge in [-0.25, -0.2) is 0 Å². The SMILES string of the molecule is COc1cc(OCC(=O)N(Cc2ccc(Cl)c(Cl)c2)[C@@H](Cc2ccccc2)C(=O)NC2CCCC2)ccc1[N+](=O)[O-]. The summed E-state index contributed by atoms with van der Waals surface area (Å²) < 4.78 is 10.9. The van der Waals surface area contributed by atoms with Crippen LogP contribution in [-0.2, 0) is 22.6 Å². The van der Waals surface area contributed by atoms with E-state index in [0.717, 1.165) is 31.2 Å². The predicted molar refractivity (Wildman–Crippen MR) is 156 cm³/mol. The van der Waals surface area contributed by atoms with Crippen molar-refractivity contribution in [3.05, 3.63) is 98.0 Å². The molecular formula is C30H31Cl2N3O6. The number of hydrogen-bond acceptors (Lipinski definition) is 6.